The van der Waals surface area contributed by atoms with E-state index in [0.717, 1.165) is 30.2 Å². The normalized spacial score (nSPS) is 16.3. The van der Waals surface area contributed by atoms with Crippen molar-refractivity contribution in [1.29, 1.82) is 0 Å². The minimum atomic E-state index is -0.617. The number of benzene rings is 2. The van der Waals surface area contributed by atoms with E-state index in [-0.39, 0.29) is 30.6 Å². The molecule has 0 radical (unpaired) electrons. The molecule has 2 aliphatic rings. The van der Waals surface area contributed by atoms with Crippen LogP contribution >= 0.6 is 0 Å². The van der Waals surface area contributed by atoms with Gasteiger partial charge in [0.25, 0.3) is 0 Å². The molecule has 0 N–H and O–H groups in total. The summed E-state index contributed by atoms with van der Waals surface area (Å²) in [6.45, 7) is 3.22. The third kappa shape index (κ3) is 5.92. The molecular weight excluding hydrogens is 454 g/mol. The number of nitrogens with zero attached hydrogens (tertiary/aromatic N) is 2. The summed E-state index contributed by atoms with van der Waals surface area (Å²) in [7, 11) is 1.75. The first kappa shape index (κ1) is 24.9. The first-order valence-corrected chi connectivity index (χ1v) is 12.2. The molecule has 0 bridgehead atoms. The number of carbonyl (C=O) groups is 2. The van der Waals surface area contributed by atoms with Gasteiger partial charge in [-0.05, 0) is 60.9 Å². The zero-order chi connectivity index (χ0) is 24.9. The summed E-state index contributed by atoms with van der Waals surface area (Å²) in [5, 5.41) is 0. The third-order valence-corrected chi connectivity index (χ3v) is 7.14. The fraction of sp³-hybridized carbons (Fsp3) is 0.481. The standard InChI is InChI=1S/C27H32F2N2O4/c1-3-26(32)30(2)23(15-20-6-7-21(28)16-22(20)29)19-10-12-31(13-11-19)27(33)9-5-18-4-8-24-25(14-18)35-17-34-24/h4,6-8,14,16,19,23H,3,5,9-13,15,17H2,1-2H3/t23-/m1/s1. The zero-order valence-electron chi connectivity index (χ0n) is 20.3. The van der Waals surface area contributed by atoms with Crippen LogP contribution in [0.15, 0.2) is 36.4 Å². The monoisotopic (exact) mass is 486 g/mol. The van der Waals surface area contributed by atoms with Crippen LogP contribution in [0.1, 0.15) is 43.7 Å². The van der Waals surface area contributed by atoms with Crippen LogP contribution in [-0.4, -0.2) is 54.6 Å². The number of fused-ring (bicyclic) bond motifs is 1. The first-order valence-electron chi connectivity index (χ1n) is 12.2. The summed E-state index contributed by atoms with van der Waals surface area (Å²) in [5.74, 6) is 0.434. The summed E-state index contributed by atoms with van der Waals surface area (Å²) in [4.78, 5) is 28.9. The van der Waals surface area contributed by atoms with Crippen LogP contribution in [-0.2, 0) is 22.4 Å². The molecule has 1 fully saturated rings. The van der Waals surface area contributed by atoms with E-state index in [9.17, 15) is 18.4 Å². The van der Waals surface area contributed by atoms with E-state index >= 15 is 0 Å². The Bertz CT molecular complexity index is 1070. The van der Waals surface area contributed by atoms with Crippen molar-refractivity contribution in [2.75, 3.05) is 26.9 Å². The van der Waals surface area contributed by atoms with Crippen LogP contribution in [0.4, 0.5) is 8.78 Å². The van der Waals surface area contributed by atoms with Crippen molar-refractivity contribution >= 4 is 11.8 Å². The predicted molar refractivity (Wildman–Crippen MR) is 127 cm³/mol. The van der Waals surface area contributed by atoms with E-state index in [2.05, 4.69) is 0 Å². The van der Waals surface area contributed by atoms with Gasteiger partial charge in [0.1, 0.15) is 11.6 Å². The summed E-state index contributed by atoms with van der Waals surface area (Å²) in [6, 6.07) is 9.11. The van der Waals surface area contributed by atoms with Gasteiger partial charge >= 0.3 is 0 Å². The molecular formula is C27H32F2N2O4. The fourth-order valence-corrected chi connectivity index (χ4v) is 5.01. The Morgan fingerprint density at radius 2 is 1.83 bits per heavy atom. The van der Waals surface area contributed by atoms with Crippen molar-refractivity contribution in [1.82, 2.24) is 9.80 Å². The van der Waals surface area contributed by atoms with Gasteiger partial charge in [0.05, 0.1) is 0 Å². The molecule has 4 rings (SSSR count). The van der Waals surface area contributed by atoms with Crippen LogP contribution in [0.25, 0.3) is 0 Å². The summed E-state index contributed by atoms with van der Waals surface area (Å²) >= 11 is 0. The van der Waals surface area contributed by atoms with Gasteiger partial charge in [-0.25, -0.2) is 8.78 Å². The van der Waals surface area contributed by atoms with Crippen LogP contribution < -0.4 is 9.47 Å². The molecule has 6 nitrogen and oxygen atoms in total. The molecule has 2 aromatic rings. The second-order valence-corrected chi connectivity index (χ2v) is 9.27. The smallest absolute Gasteiger partial charge is 0.231 e. The molecule has 1 atom stereocenters. The van der Waals surface area contributed by atoms with Crippen molar-refractivity contribution in [2.45, 2.75) is 51.5 Å². The minimum Gasteiger partial charge on any atom is -0.454 e. The highest BCUT2D eigenvalue weighted by Gasteiger charge is 2.33. The number of likely N-dealkylation sites (tertiary alicyclic amines) is 1. The number of rotatable bonds is 8. The summed E-state index contributed by atoms with van der Waals surface area (Å²) in [6.07, 6.45) is 3.15. The molecule has 2 aliphatic heterocycles. The van der Waals surface area contributed by atoms with E-state index in [1.54, 1.807) is 18.9 Å². The molecule has 188 valence electrons. The highest BCUT2D eigenvalue weighted by atomic mass is 19.1. The average molecular weight is 487 g/mol. The van der Waals surface area contributed by atoms with E-state index in [0.29, 0.717) is 50.1 Å². The lowest BCUT2D eigenvalue weighted by Gasteiger charge is -2.40. The van der Waals surface area contributed by atoms with Gasteiger partial charge < -0.3 is 19.3 Å². The van der Waals surface area contributed by atoms with Crippen LogP contribution in [0.3, 0.4) is 0 Å². The Morgan fingerprint density at radius 1 is 1.09 bits per heavy atom. The van der Waals surface area contributed by atoms with Gasteiger partial charge in [-0.15, -0.1) is 0 Å². The number of halogens is 2. The Balaban J connectivity index is 1.35. The molecule has 2 amide bonds. The van der Waals surface area contributed by atoms with Gasteiger partial charge in [0.2, 0.25) is 18.6 Å². The molecule has 0 unspecified atom stereocenters. The molecule has 2 heterocycles. The van der Waals surface area contributed by atoms with Crippen LogP contribution in [0.2, 0.25) is 0 Å². The van der Waals surface area contributed by atoms with Crippen molar-refractivity contribution in [2.24, 2.45) is 5.92 Å². The van der Waals surface area contributed by atoms with Crippen LogP contribution in [0, 0.1) is 17.6 Å². The van der Waals surface area contributed by atoms with E-state index in [1.807, 2.05) is 23.1 Å². The molecule has 1 saturated heterocycles. The number of carbonyl (C=O) groups excluding carboxylic acids is 2. The van der Waals surface area contributed by atoms with Crippen molar-refractivity contribution in [3.05, 3.63) is 59.2 Å². The highest BCUT2D eigenvalue weighted by molar-refractivity contribution is 5.77. The number of likely N-dealkylation sites (N-methyl/N-ethyl adjacent to an activating group) is 1. The highest BCUT2D eigenvalue weighted by Crippen LogP contribution is 2.33. The lowest BCUT2D eigenvalue weighted by molar-refractivity contribution is -0.136. The lowest BCUT2D eigenvalue weighted by atomic mass is 9.84. The maximum absolute atomic E-state index is 14.4. The van der Waals surface area contributed by atoms with Gasteiger partial charge in [0, 0.05) is 45.1 Å². The largest absolute Gasteiger partial charge is 0.454 e. The molecule has 8 heteroatoms. The van der Waals surface area contributed by atoms with Gasteiger partial charge in [-0.3, -0.25) is 9.59 Å². The Morgan fingerprint density at radius 3 is 2.54 bits per heavy atom. The SMILES string of the molecule is CCC(=O)N(C)[C@H](Cc1ccc(F)cc1F)C1CCN(C(=O)CCc2ccc3c(c2)OCO3)CC1. The number of hydrogen-bond acceptors (Lipinski definition) is 4. The topological polar surface area (TPSA) is 59.1 Å². The van der Waals surface area contributed by atoms with E-state index in [1.165, 1.54) is 12.1 Å². The number of aryl methyl sites for hydroxylation is 1. The average Bonchev–Trinajstić information content (AvgIpc) is 3.34. The maximum atomic E-state index is 14.4. The number of hydrogen-bond donors (Lipinski definition) is 0. The fourth-order valence-electron chi connectivity index (χ4n) is 5.01. The second kappa shape index (κ2) is 11.1. The maximum Gasteiger partial charge on any atom is 0.231 e. The predicted octanol–water partition coefficient (Wildman–Crippen LogP) is 4.34. The van der Waals surface area contributed by atoms with E-state index in [4.69, 9.17) is 9.47 Å². The van der Waals surface area contributed by atoms with Gasteiger partial charge in [-0.1, -0.05) is 19.1 Å². The third-order valence-electron chi connectivity index (χ3n) is 7.14. The number of piperidine rings is 1. The lowest BCUT2D eigenvalue weighted by Crippen LogP contribution is -2.48. The van der Waals surface area contributed by atoms with E-state index < -0.39 is 11.6 Å². The second-order valence-electron chi connectivity index (χ2n) is 9.27. The molecule has 0 spiro atoms. The molecule has 0 aliphatic carbocycles. The molecule has 0 aromatic heterocycles. The van der Waals surface area contributed by atoms with Crippen molar-refractivity contribution in [3.8, 4) is 11.5 Å². The Hall–Kier alpha value is -3.16. The number of amides is 2. The first-order chi connectivity index (χ1) is 16.9. The number of ether oxygens (including phenoxy) is 2. The van der Waals surface area contributed by atoms with Crippen LogP contribution in [0.5, 0.6) is 11.5 Å². The zero-order valence-corrected chi connectivity index (χ0v) is 20.3. The summed E-state index contributed by atoms with van der Waals surface area (Å²) < 4.78 is 38.5. The van der Waals surface area contributed by atoms with Crippen molar-refractivity contribution < 1.29 is 27.8 Å². The molecule has 35 heavy (non-hydrogen) atoms. The van der Waals surface area contributed by atoms with Crippen molar-refractivity contribution in [3.63, 3.8) is 0 Å². The Kier molecular flexibility index (Phi) is 7.88. The van der Waals surface area contributed by atoms with Gasteiger partial charge in [-0.2, -0.15) is 0 Å². The minimum absolute atomic E-state index is 0.0141. The van der Waals surface area contributed by atoms with Gasteiger partial charge in [0.15, 0.2) is 11.5 Å². The quantitative estimate of drug-likeness (QED) is 0.557. The Labute approximate surface area is 204 Å². The summed E-state index contributed by atoms with van der Waals surface area (Å²) in [5.41, 5.74) is 1.42. The molecule has 0 saturated carbocycles. The molecule has 2 aromatic carbocycles.